The van der Waals surface area contributed by atoms with Crippen molar-refractivity contribution in [2.45, 2.75) is 26.8 Å². The van der Waals surface area contributed by atoms with E-state index in [2.05, 4.69) is 20.9 Å². The van der Waals surface area contributed by atoms with E-state index >= 15 is 0 Å². The van der Waals surface area contributed by atoms with Crippen molar-refractivity contribution in [3.05, 3.63) is 52.2 Å². The number of hydrogen-bond acceptors (Lipinski definition) is 4. The molecule has 3 rings (SSSR count). The van der Waals surface area contributed by atoms with Crippen LogP contribution in [0.3, 0.4) is 0 Å². The summed E-state index contributed by atoms with van der Waals surface area (Å²) in [5, 5.41) is 8.89. The van der Waals surface area contributed by atoms with Crippen molar-refractivity contribution in [2.75, 3.05) is 17.7 Å². The molecule has 0 unspecified atom stereocenters. The number of rotatable bonds is 4. The van der Waals surface area contributed by atoms with Gasteiger partial charge in [-0.2, -0.15) is 0 Å². The van der Waals surface area contributed by atoms with Crippen LogP contribution in [-0.4, -0.2) is 28.7 Å². The molecule has 2 aromatic heterocycles. The SMILES string of the molecule is CNc1cc2c(cn1)cc(-c1cc(NC(=O)NC(C)C)c(F)cc1C)c(=O)n2C. The number of hydrogen-bond donors (Lipinski definition) is 3. The van der Waals surface area contributed by atoms with Crippen molar-refractivity contribution in [1.29, 1.82) is 0 Å². The van der Waals surface area contributed by atoms with Crippen LogP contribution in [0.5, 0.6) is 0 Å². The molecular weight excluding hydrogens is 373 g/mol. The van der Waals surface area contributed by atoms with E-state index in [1.807, 2.05) is 13.8 Å². The number of carbonyl (C=O) groups excluding carboxylic acids is 1. The molecule has 0 atom stereocenters. The molecule has 0 aliphatic heterocycles. The number of anilines is 2. The number of pyridine rings is 2. The van der Waals surface area contributed by atoms with E-state index in [9.17, 15) is 14.0 Å². The predicted octanol–water partition coefficient (Wildman–Crippen LogP) is 3.62. The highest BCUT2D eigenvalue weighted by atomic mass is 19.1. The van der Waals surface area contributed by atoms with Crippen LogP contribution < -0.4 is 21.5 Å². The molecule has 2 heterocycles. The van der Waals surface area contributed by atoms with E-state index < -0.39 is 11.8 Å². The molecule has 1 aromatic carbocycles. The van der Waals surface area contributed by atoms with Gasteiger partial charge >= 0.3 is 6.03 Å². The highest BCUT2D eigenvalue weighted by Gasteiger charge is 2.16. The number of aromatic nitrogens is 2. The fourth-order valence-electron chi connectivity index (χ4n) is 3.17. The van der Waals surface area contributed by atoms with Crippen molar-refractivity contribution >= 4 is 28.4 Å². The van der Waals surface area contributed by atoms with Crippen molar-refractivity contribution in [2.24, 2.45) is 7.05 Å². The van der Waals surface area contributed by atoms with Gasteiger partial charge in [-0.15, -0.1) is 0 Å². The van der Waals surface area contributed by atoms with Crippen LogP contribution in [0.1, 0.15) is 19.4 Å². The third-order valence-electron chi connectivity index (χ3n) is 4.64. The first-order valence-corrected chi connectivity index (χ1v) is 9.26. The van der Waals surface area contributed by atoms with Crippen molar-refractivity contribution in [1.82, 2.24) is 14.9 Å². The molecule has 29 heavy (non-hydrogen) atoms. The lowest BCUT2D eigenvalue weighted by molar-refractivity contribution is 0.250. The largest absolute Gasteiger partial charge is 0.373 e. The van der Waals surface area contributed by atoms with Gasteiger partial charge in [0, 0.05) is 43.4 Å². The summed E-state index contributed by atoms with van der Waals surface area (Å²) in [6, 6.07) is 5.73. The number of urea groups is 1. The second-order valence-electron chi connectivity index (χ2n) is 7.20. The first-order valence-electron chi connectivity index (χ1n) is 9.26. The van der Waals surface area contributed by atoms with Crippen LogP contribution >= 0.6 is 0 Å². The summed E-state index contributed by atoms with van der Waals surface area (Å²) in [5.41, 5.74) is 2.06. The molecule has 152 valence electrons. The van der Waals surface area contributed by atoms with Gasteiger partial charge in [-0.3, -0.25) is 4.79 Å². The van der Waals surface area contributed by atoms with E-state index in [1.165, 1.54) is 16.7 Å². The lowest BCUT2D eigenvalue weighted by Crippen LogP contribution is -2.34. The lowest BCUT2D eigenvalue weighted by Gasteiger charge is -2.15. The topological polar surface area (TPSA) is 88.1 Å². The molecular formula is C21H24FN5O2. The third kappa shape index (κ3) is 4.06. The normalized spacial score (nSPS) is 11.0. The number of aryl methyl sites for hydroxylation is 2. The number of nitrogens with one attached hydrogen (secondary N) is 3. The van der Waals surface area contributed by atoms with E-state index in [4.69, 9.17) is 0 Å². The Morgan fingerprint density at radius 1 is 1.17 bits per heavy atom. The first-order chi connectivity index (χ1) is 13.7. The average molecular weight is 397 g/mol. The predicted molar refractivity (Wildman–Crippen MR) is 114 cm³/mol. The van der Waals surface area contributed by atoms with E-state index in [0.717, 1.165) is 10.9 Å². The first kappa shape index (κ1) is 20.3. The fraction of sp³-hybridized carbons (Fsp3) is 0.286. The number of fused-ring (bicyclic) bond motifs is 1. The highest BCUT2D eigenvalue weighted by molar-refractivity contribution is 5.91. The maximum absolute atomic E-state index is 14.4. The van der Waals surface area contributed by atoms with E-state index in [1.54, 1.807) is 39.3 Å². The van der Waals surface area contributed by atoms with Crippen LogP contribution in [0.4, 0.5) is 20.7 Å². The summed E-state index contributed by atoms with van der Waals surface area (Å²) in [6.07, 6.45) is 1.68. The third-order valence-corrected chi connectivity index (χ3v) is 4.64. The molecule has 0 fully saturated rings. The molecule has 3 aromatic rings. The van der Waals surface area contributed by atoms with Crippen molar-refractivity contribution in [3.8, 4) is 11.1 Å². The van der Waals surface area contributed by atoms with E-state index in [-0.39, 0.29) is 17.3 Å². The van der Waals surface area contributed by atoms with Gasteiger partial charge < -0.3 is 20.5 Å². The Morgan fingerprint density at radius 3 is 2.55 bits per heavy atom. The molecule has 8 heteroatoms. The van der Waals surface area contributed by atoms with Gasteiger partial charge in [0.05, 0.1) is 11.2 Å². The van der Waals surface area contributed by atoms with Gasteiger partial charge in [-0.25, -0.2) is 14.2 Å². The van der Waals surface area contributed by atoms with Crippen LogP contribution in [0.2, 0.25) is 0 Å². The minimum Gasteiger partial charge on any atom is -0.373 e. The standard InChI is InChI=1S/C21H24FN5O2/c1-11(2)25-21(29)26-17-8-14(12(3)6-16(17)22)15-7-13-10-24-19(23-4)9-18(13)27(5)20(15)28/h6-11H,1-5H3,(H,23,24)(H2,25,26,29). The molecule has 0 spiro atoms. The number of nitrogens with zero attached hydrogens (tertiary/aromatic N) is 2. The summed E-state index contributed by atoms with van der Waals surface area (Å²) in [4.78, 5) is 29.3. The Labute approximate surface area is 168 Å². The van der Waals surface area contributed by atoms with Crippen molar-refractivity contribution < 1.29 is 9.18 Å². The Kier molecular flexibility index (Phi) is 5.54. The molecule has 0 radical (unpaired) electrons. The summed E-state index contributed by atoms with van der Waals surface area (Å²) >= 11 is 0. The van der Waals surface area contributed by atoms with Crippen LogP contribution in [0, 0.1) is 12.7 Å². The Balaban J connectivity index is 2.14. The van der Waals surface area contributed by atoms with Gasteiger partial charge in [0.15, 0.2) is 0 Å². The Hall–Kier alpha value is -3.42. The van der Waals surface area contributed by atoms with Gasteiger partial charge in [-0.1, -0.05) is 0 Å². The Bertz CT molecular complexity index is 1150. The molecule has 0 saturated carbocycles. The van der Waals surface area contributed by atoms with Crippen LogP contribution in [0.15, 0.2) is 35.3 Å². The quantitative estimate of drug-likeness (QED) is 0.627. The number of amides is 2. The summed E-state index contributed by atoms with van der Waals surface area (Å²) in [6.45, 7) is 5.34. The maximum Gasteiger partial charge on any atom is 0.319 e. The zero-order valence-electron chi connectivity index (χ0n) is 17.1. The fourth-order valence-corrected chi connectivity index (χ4v) is 3.17. The molecule has 0 aliphatic rings. The highest BCUT2D eigenvalue weighted by Crippen LogP contribution is 2.29. The van der Waals surface area contributed by atoms with Crippen LogP contribution in [0.25, 0.3) is 22.0 Å². The van der Waals surface area contributed by atoms with Gasteiger partial charge in [0.1, 0.15) is 11.6 Å². The average Bonchev–Trinajstić information content (AvgIpc) is 2.66. The van der Waals surface area contributed by atoms with E-state index in [0.29, 0.717) is 22.5 Å². The zero-order valence-corrected chi connectivity index (χ0v) is 17.1. The monoisotopic (exact) mass is 397 g/mol. The second kappa shape index (κ2) is 7.90. The number of halogens is 1. The summed E-state index contributed by atoms with van der Waals surface area (Å²) < 4.78 is 16.0. The maximum atomic E-state index is 14.4. The van der Waals surface area contributed by atoms with Gasteiger partial charge in [-0.05, 0) is 50.1 Å². The minimum atomic E-state index is -0.567. The molecule has 0 aliphatic carbocycles. The molecule has 3 N–H and O–H groups in total. The molecule has 2 amide bonds. The smallest absolute Gasteiger partial charge is 0.319 e. The second-order valence-corrected chi connectivity index (χ2v) is 7.20. The molecule has 7 nitrogen and oxygen atoms in total. The summed E-state index contributed by atoms with van der Waals surface area (Å²) in [7, 11) is 3.44. The molecule has 0 bridgehead atoms. The number of carbonyl (C=O) groups is 1. The lowest BCUT2D eigenvalue weighted by atomic mass is 9.99. The minimum absolute atomic E-state index is 0.00885. The zero-order chi connectivity index (χ0) is 21.3. The van der Waals surface area contributed by atoms with Crippen molar-refractivity contribution in [3.63, 3.8) is 0 Å². The van der Waals surface area contributed by atoms with Crippen LogP contribution in [-0.2, 0) is 7.05 Å². The molecule has 0 saturated heterocycles. The summed E-state index contributed by atoms with van der Waals surface area (Å²) in [5.74, 6) is 0.0870. The van der Waals surface area contributed by atoms with Gasteiger partial charge in [0.2, 0.25) is 0 Å². The van der Waals surface area contributed by atoms with Gasteiger partial charge in [0.25, 0.3) is 5.56 Å². The Morgan fingerprint density at radius 2 is 1.90 bits per heavy atom. The number of benzene rings is 1.